The monoisotopic (exact) mass is 256 g/mol. The molecule has 1 aromatic rings. The van der Waals surface area contributed by atoms with Crippen LogP contribution in [0.1, 0.15) is 12.6 Å². The van der Waals surface area contributed by atoms with Crippen molar-refractivity contribution >= 4 is 22.4 Å². The van der Waals surface area contributed by atoms with Crippen LogP contribution in [0, 0.1) is 0 Å². The average molecular weight is 256 g/mol. The number of rotatable bonds is 3. The van der Waals surface area contributed by atoms with E-state index < -0.39 is 6.10 Å². The Bertz CT molecular complexity index is 394. The summed E-state index contributed by atoms with van der Waals surface area (Å²) in [5.74, 6) is -0.318. The summed E-state index contributed by atoms with van der Waals surface area (Å²) in [6.45, 7) is 3.89. The lowest BCUT2D eigenvalue weighted by atomic mass is 10.3. The lowest BCUT2D eigenvalue weighted by molar-refractivity contribution is -0.154. The Morgan fingerprint density at radius 2 is 2.59 bits per heavy atom. The van der Waals surface area contributed by atoms with Crippen molar-refractivity contribution in [1.82, 2.24) is 4.98 Å². The van der Waals surface area contributed by atoms with E-state index in [1.165, 1.54) is 7.11 Å². The van der Waals surface area contributed by atoms with Gasteiger partial charge in [-0.05, 0) is 6.42 Å². The molecule has 0 bridgehead atoms. The van der Waals surface area contributed by atoms with Crippen molar-refractivity contribution in [1.29, 1.82) is 0 Å². The zero-order valence-electron chi connectivity index (χ0n) is 10.0. The Hall–Kier alpha value is -1.14. The number of morpholine rings is 1. The van der Waals surface area contributed by atoms with E-state index in [4.69, 9.17) is 9.47 Å². The highest BCUT2D eigenvalue weighted by Gasteiger charge is 2.28. The molecule has 2 rings (SSSR count). The van der Waals surface area contributed by atoms with Crippen molar-refractivity contribution in [3.63, 3.8) is 0 Å². The Kier molecular flexibility index (Phi) is 3.96. The number of methoxy groups -OCH3 is 1. The second-order valence-electron chi connectivity index (χ2n) is 3.80. The minimum atomic E-state index is -0.497. The van der Waals surface area contributed by atoms with Gasteiger partial charge >= 0.3 is 5.97 Å². The summed E-state index contributed by atoms with van der Waals surface area (Å²) in [4.78, 5) is 18.0. The van der Waals surface area contributed by atoms with Crippen LogP contribution in [-0.4, -0.2) is 43.9 Å². The van der Waals surface area contributed by atoms with Crippen LogP contribution in [0.4, 0.5) is 5.13 Å². The summed E-state index contributed by atoms with van der Waals surface area (Å²) in [7, 11) is 1.38. The van der Waals surface area contributed by atoms with Gasteiger partial charge < -0.3 is 14.4 Å². The van der Waals surface area contributed by atoms with Crippen molar-refractivity contribution in [2.24, 2.45) is 0 Å². The number of esters is 1. The zero-order chi connectivity index (χ0) is 12.3. The predicted octanol–water partition coefficient (Wildman–Crippen LogP) is 1.08. The highest BCUT2D eigenvalue weighted by molar-refractivity contribution is 7.13. The van der Waals surface area contributed by atoms with Crippen LogP contribution in [0.2, 0.25) is 0 Å². The summed E-state index contributed by atoms with van der Waals surface area (Å²) < 4.78 is 10.1. The third-order valence-corrected chi connectivity index (χ3v) is 3.65. The van der Waals surface area contributed by atoms with Gasteiger partial charge in [-0.3, -0.25) is 0 Å². The highest BCUT2D eigenvalue weighted by atomic mass is 32.1. The predicted molar refractivity (Wildman–Crippen MR) is 65.5 cm³/mol. The first-order valence-electron chi connectivity index (χ1n) is 5.63. The van der Waals surface area contributed by atoms with Crippen LogP contribution < -0.4 is 4.90 Å². The SMILES string of the molecule is CCc1csc(N2CCOC(C(=O)OC)C2)n1. The molecule has 0 saturated carbocycles. The van der Waals surface area contributed by atoms with Gasteiger partial charge in [-0.25, -0.2) is 9.78 Å². The molecule has 1 aliphatic heterocycles. The molecule has 1 saturated heterocycles. The zero-order valence-corrected chi connectivity index (χ0v) is 10.8. The molecule has 0 N–H and O–H groups in total. The van der Waals surface area contributed by atoms with Gasteiger partial charge in [0.25, 0.3) is 0 Å². The van der Waals surface area contributed by atoms with Crippen LogP contribution in [0.5, 0.6) is 0 Å². The molecule has 2 heterocycles. The summed E-state index contributed by atoms with van der Waals surface area (Å²) >= 11 is 1.61. The first-order valence-corrected chi connectivity index (χ1v) is 6.51. The van der Waals surface area contributed by atoms with Gasteiger partial charge in [-0.2, -0.15) is 0 Å². The van der Waals surface area contributed by atoms with Crippen molar-refractivity contribution in [2.75, 3.05) is 31.7 Å². The van der Waals surface area contributed by atoms with Crippen molar-refractivity contribution in [3.05, 3.63) is 11.1 Å². The summed E-state index contributed by atoms with van der Waals surface area (Å²) in [6.07, 6.45) is 0.434. The molecule has 0 radical (unpaired) electrons. The number of anilines is 1. The van der Waals surface area contributed by atoms with Crippen LogP contribution in [0.15, 0.2) is 5.38 Å². The maximum absolute atomic E-state index is 11.4. The molecular weight excluding hydrogens is 240 g/mol. The normalized spacial score (nSPS) is 20.4. The molecule has 0 amide bonds. The molecular formula is C11H16N2O3S. The molecule has 1 aliphatic rings. The van der Waals surface area contributed by atoms with E-state index in [-0.39, 0.29) is 5.97 Å². The van der Waals surface area contributed by atoms with E-state index in [2.05, 4.69) is 22.2 Å². The molecule has 0 aliphatic carbocycles. The lowest BCUT2D eigenvalue weighted by Gasteiger charge is -2.31. The van der Waals surface area contributed by atoms with Gasteiger partial charge in [0.2, 0.25) is 0 Å². The van der Waals surface area contributed by atoms with E-state index in [1.54, 1.807) is 11.3 Å². The number of hydrogen-bond donors (Lipinski definition) is 0. The Morgan fingerprint density at radius 3 is 3.24 bits per heavy atom. The molecule has 17 heavy (non-hydrogen) atoms. The molecule has 0 spiro atoms. The van der Waals surface area contributed by atoms with Crippen molar-refractivity contribution in [2.45, 2.75) is 19.4 Å². The van der Waals surface area contributed by atoms with Crippen LogP contribution >= 0.6 is 11.3 Å². The van der Waals surface area contributed by atoms with Crippen LogP contribution in [0.3, 0.4) is 0 Å². The van der Waals surface area contributed by atoms with Gasteiger partial charge in [0.15, 0.2) is 11.2 Å². The van der Waals surface area contributed by atoms with Crippen LogP contribution in [-0.2, 0) is 20.7 Å². The molecule has 1 unspecified atom stereocenters. The number of aryl methyl sites for hydroxylation is 1. The molecule has 1 fully saturated rings. The first-order chi connectivity index (χ1) is 8.24. The number of nitrogens with zero attached hydrogens (tertiary/aromatic N) is 2. The number of carbonyl (C=O) groups is 1. The first kappa shape index (κ1) is 12.3. The maximum atomic E-state index is 11.4. The van der Waals surface area contributed by atoms with E-state index in [9.17, 15) is 4.79 Å². The van der Waals surface area contributed by atoms with Gasteiger partial charge in [0, 0.05) is 11.9 Å². The largest absolute Gasteiger partial charge is 0.467 e. The molecule has 1 atom stereocenters. The Morgan fingerprint density at radius 1 is 1.76 bits per heavy atom. The van der Waals surface area contributed by atoms with Crippen LogP contribution in [0.25, 0.3) is 0 Å². The van der Waals surface area contributed by atoms with Gasteiger partial charge in [-0.15, -0.1) is 11.3 Å². The fraction of sp³-hybridized carbons (Fsp3) is 0.636. The maximum Gasteiger partial charge on any atom is 0.336 e. The highest BCUT2D eigenvalue weighted by Crippen LogP contribution is 2.23. The summed E-state index contributed by atoms with van der Waals surface area (Å²) in [6, 6.07) is 0. The van der Waals surface area contributed by atoms with Gasteiger partial charge in [0.1, 0.15) is 0 Å². The quantitative estimate of drug-likeness (QED) is 0.758. The van der Waals surface area contributed by atoms with Gasteiger partial charge in [-0.1, -0.05) is 6.92 Å². The van der Waals surface area contributed by atoms with Crippen molar-refractivity contribution in [3.8, 4) is 0 Å². The molecule has 0 aromatic carbocycles. The van der Waals surface area contributed by atoms with E-state index in [0.717, 1.165) is 23.8 Å². The number of thiazole rings is 1. The minimum Gasteiger partial charge on any atom is -0.467 e. The fourth-order valence-electron chi connectivity index (χ4n) is 1.70. The standard InChI is InChI=1S/C11H16N2O3S/c1-3-8-7-17-11(12-8)13-4-5-16-9(6-13)10(14)15-2/h7,9H,3-6H2,1-2H3. The van der Waals surface area contributed by atoms with E-state index in [1.807, 2.05) is 0 Å². The number of aromatic nitrogens is 1. The number of hydrogen-bond acceptors (Lipinski definition) is 6. The third-order valence-electron chi connectivity index (χ3n) is 2.70. The molecule has 1 aromatic heterocycles. The lowest BCUT2D eigenvalue weighted by Crippen LogP contribution is -2.46. The molecule has 94 valence electrons. The molecule has 6 heteroatoms. The van der Waals surface area contributed by atoms with E-state index in [0.29, 0.717) is 13.2 Å². The second-order valence-corrected chi connectivity index (χ2v) is 4.64. The fourth-order valence-corrected chi connectivity index (χ4v) is 2.65. The Labute approximate surface area is 104 Å². The summed E-state index contributed by atoms with van der Waals surface area (Å²) in [5.41, 5.74) is 1.09. The third kappa shape index (κ3) is 2.76. The number of carbonyl (C=O) groups excluding carboxylic acids is 1. The second kappa shape index (κ2) is 5.46. The minimum absolute atomic E-state index is 0.318. The number of ether oxygens (including phenoxy) is 2. The Balaban J connectivity index is 2.04. The van der Waals surface area contributed by atoms with E-state index >= 15 is 0 Å². The van der Waals surface area contributed by atoms with Gasteiger partial charge in [0.05, 0.1) is 26.0 Å². The summed E-state index contributed by atoms with van der Waals surface area (Å²) in [5, 5.41) is 3.01. The topological polar surface area (TPSA) is 51.7 Å². The smallest absolute Gasteiger partial charge is 0.336 e. The van der Waals surface area contributed by atoms with Crippen molar-refractivity contribution < 1.29 is 14.3 Å². The average Bonchev–Trinajstić information content (AvgIpc) is 2.86. The molecule has 5 nitrogen and oxygen atoms in total.